The fourth-order valence-corrected chi connectivity index (χ4v) is 2.86. The van der Waals surface area contributed by atoms with E-state index in [0.29, 0.717) is 26.0 Å². The van der Waals surface area contributed by atoms with Gasteiger partial charge in [-0.3, -0.25) is 9.59 Å². The maximum atomic E-state index is 12.6. The molecule has 1 aliphatic carbocycles. The van der Waals surface area contributed by atoms with Crippen LogP contribution in [0.4, 0.5) is 11.4 Å². The third-order valence-corrected chi connectivity index (χ3v) is 4.68. The lowest BCUT2D eigenvalue weighted by Gasteiger charge is -2.21. The summed E-state index contributed by atoms with van der Waals surface area (Å²) in [5.74, 6) is -0.395. The van der Waals surface area contributed by atoms with Crippen molar-refractivity contribution in [1.29, 1.82) is 0 Å². The molecule has 6 heteroatoms. The zero-order valence-corrected chi connectivity index (χ0v) is 15.4. The van der Waals surface area contributed by atoms with Gasteiger partial charge in [0.05, 0.1) is 0 Å². The Bertz CT molecular complexity index is 578. The van der Waals surface area contributed by atoms with E-state index in [1.54, 1.807) is 7.11 Å². The van der Waals surface area contributed by atoms with Crippen LogP contribution in [0.1, 0.15) is 33.1 Å². The van der Waals surface area contributed by atoms with E-state index in [2.05, 4.69) is 29.4 Å². The van der Waals surface area contributed by atoms with Crippen LogP contribution in [0.25, 0.3) is 0 Å². The molecule has 1 fully saturated rings. The Balaban J connectivity index is 1.91. The first kappa shape index (κ1) is 19.2. The smallest absolute Gasteiger partial charge is 0.240 e. The molecule has 2 rings (SSSR count). The normalized spacial score (nSPS) is 14.7. The van der Waals surface area contributed by atoms with Crippen molar-refractivity contribution in [2.24, 2.45) is 5.41 Å². The monoisotopic (exact) mass is 347 g/mol. The molecule has 0 atom stereocenters. The van der Waals surface area contributed by atoms with Crippen LogP contribution in [0.3, 0.4) is 0 Å². The van der Waals surface area contributed by atoms with Crippen LogP contribution in [-0.4, -0.2) is 45.2 Å². The summed E-state index contributed by atoms with van der Waals surface area (Å²) in [5.41, 5.74) is 0.948. The Kier molecular flexibility index (Phi) is 6.82. The van der Waals surface area contributed by atoms with E-state index in [1.807, 2.05) is 24.3 Å². The predicted molar refractivity (Wildman–Crippen MR) is 99.8 cm³/mol. The summed E-state index contributed by atoms with van der Waals surface area (Å²) >= 11 is 0. The lowest BCUT2D eigenvalue weighted by Crippen LogP contribution is -2.40. The first-order chi connectivity index (χ1) is 12.1. The van der Waals surface area contributed by atoms with Crippen LogP contribution in [0.15, 0.2) is 24.3 Å². The molecule has 0 heterocycles. The van der Waals surface area contributed by atoms with E-state index in [0.717, 1.165) is 30.9 Å². The van der Waals surface area contributed by atoms with Crippen LogP contribution in [0.2, 0.25) is 0 Å². The van der Waals surface area contributed by atoms with Crippen molar-refractivity contribution >= 4 is 23.2 Å². The number of nitrogens with one attached hydrogen (secondary N) is 2. The minimum Gasteiger partial charge on any atom is -0.385 e. The fraction of sp³-hybridized carbons (Fsp3) is 0.579. The van der Waals surface area contributed by atoms with Crippen LogP contribution >= 0.6 is 0 Å². The van der Waals surface area contributed by atoms with Gasteiger partial charge >= 0.3 is 0 Å². The molecule has 0 bridgehead atoms. The van der Waals surface area contributed by atoms with E-state index in [1.165, 1.54) is 0 Å². The predicted octanol–water partition coefficient (Wildman–Crippen LogP) is 2.40. The van der Waals surface area contributed by atoms with E-state index in [9.17, 15) is 9.59 Å². The van der Waals surface area contributed by atoms with Gasteiger partial charge in [0.1, 0.15) is 5.41 Å². The maximum absolute atomic E-state index is 12.6. The lowest BCUT2D eigenvalue weighted by atomic mass is 10.0. The molecule has 1 aromatic rings. The first-order valence-corrected chi connectivity index (χ1v) is 9.01. The third-order valence-electron chi connectivity index (χ3n) is 4.68. The van der Waals surface area contributed by atoms with Crippen molar-refractivity contribution < 1.29 is 14.3 Å². The van der Waals surface area contributed by atoms with Crippen molar-refractivity contribution in [2.75, 3.05) is 43.6 Å². The maximum Gasteiger partial charge on any atom is 0.240 e. The number of rotatable bonds is 10. The van der Waals surface area contributed by atoms with E-state index >= 15 is 0 Å². The van der Waals surface area contributed by atoms with Crippen LogP contribution in [0, 0.1) is 5.41 Å². The van der Waals surface area contributed by atoms with Gasteiger partial charge in [-0.2, -0.15) is 0 Å². The minimum atomic E-state index is -0.898. The molecule has 0 aromatic heterocycles. The highest BCUT2D eigenvalue weighted by Crippen LogP contribution is 2.46. The second-order valence-electron chi connectivity index (χ2n) is 6.36. The van der Waals surface area contributed by atoms with Crippen molar-refractivity contribution in [2.45, 2.75) is 33.1 Å². The Labute approximate surface area is 149 Å². The standard InChI is InChI=1S/C19H29N3O3/c1-4-22(5-2)16-9-7-15(8-10-16)21-18(24)19(11-12-19)17(23)20-13-6-14-25-3/h7-10H,4-6,11-14H2,1-3H3,(H,20,23)(H,21,24). The lowest BCUT2D eigenvalue weighted by molar-refractivity contribution is -0.134. The van der Waals surface area contributed by atoms with Crippen molar-refractivity contribution in [1.82, 2.24) is 5.32 Å². The van der Waals surface area contributed by atoms with Gasteiger partial charge in [-0.05, 0) is 57.4 Å². The number of carbonyl (C=O) groups excluding carboxylic acids is 2. The van der Waals surface area contributed by atoms with E-state index in [4.69, 9.17) is 4.74 Å². The molecule has 2 amide bonds. The molecule has 138 valence electrons. The van der Waals surface area contributed by atoms with Gasteiger partial charge in [0.15, 0.2) is 0 Å². The molecule has 1 aliphatic rings. The molecule has 0 radical (unpaired) electrons. The summed E-state index contributed by atoms with van der Waals surface area (Å²) in [7, 11) is 1.63. The summed E-state index contributed by atoms with van der Waals surface area (Å²) in [5, 5.41) is 5.73. The Morgan fingerprint density at radius 2 is 1.76 bits per heavy atom. The van der Waals surface area contributed by atoms with Crippen molar-refractivity contribution in [3.05, 3.63) is 24.3 Å². The van der Waals surface area contributed by atoms with Gasteiger partial charge in [0, 0.05) is 44.7 Å². The van der Waals surface area contributed by atoms with Crippen molar-refractivity contribution in [3.8, 4) is 0 Å². The average Bonchev–Trinajstić information content (AvgIpc) is 3.43. The zero-order chi connectivity index (χ0) is 18.3. The molecule has 1 saturated carbocycles. The first-order valence-electron chi connectivity index (χ1n) is 9.01. The number of benzene rings is 1. The molecular formula is C19H29N3O3. The fourth-order valence-electron chi connectivity index (χ4n) is 2.86. The molecule has 0 unspecified atom stereocenters. The average molecular weight is 347 g/mol. The number of methoxy groups -OCH3 is 1. The van der Waals surface area contributed by atoms with E-state index in [-0.39, 0.29) is 11.8 Å². The summed E-state index contributed by atoms with van der Waals surface area (Å²) in [6.45, 7) is 7.23. The van der Waals surface area contributed by atoms with Gasteiger partial charge in [0.2, 0.25) is 11.8 Å². The molecule has 6 nitrogen and oxygen atoms in total. The van der Waals surface area contributed by atoms with Gasteiger partial charge in [-0.15, -0.1) is 0 Å². The minimum absolute atomic E-state index is 0.180. The Morgan fingerprint density at radius 3 is 2.28 bits per heavy atom. The van der Waals surface area contributed by atoms with Gasteiger partial charge < -0.3 is 20.3 Å². The highest BCUT2D eigenvalue weighted by atomic mass is 16.5. The number of anilines is 2. The topological polar surface area (TPSA) is 70.7 Å². The molecule has 0 spiro atoms. The van der Waals surface area contributed by atoms with Crippen LogP contribution in [0.5, 0.6) is 0 Å². The third kappa shape index (κ3) is 4.72. The molecule has 1 aromatic carbocycles. The number of ether oxygens (including phenoxy) is 1. The van der Waals surface area contributed by atoms with Gasteiger partial charge in [-0.1, -0.05) is 0 Å². The zero-order valence-electron chi connectivity index (χ0n) is 15.4. The summed E-state index contributed by atoms with van der Waals surface area (Å²) in [6, 6.07) is 7.76. The molecule has 25 heavy (non-hydrogen) atoms. The Hall–Kier alpha value is -2.08. The Morgan fingerprint density at radius 1 is 1.12 bits per heavy atom. The quantitative estimate of drug-likeness (QED) is 0.504. The number of hydrogen-bond donors (Lipinski definition) is 2. The SMILES string of the molecule is CCN(CC)c1ccc(NC(=O)C2(C(=O)NCCCOC)CC2)cc1. The van der Waals surface area contributed by atoms with Gasteiger partial charge in [-0.25, -0.2) is 0 Å². The highest BCUT2D eigenvalue weighted by molar-refractivity contribution is 6.13. The number of nitrogens with zero attached hydrogens (tertiary/aromatic N) is 1. The molecule has 2 N–H and O–H groups in total. The molecular weight excluding hydrogens is 318 g/mol. The van der Waals surface area contributed by atoms with Crippen LogP contribution < -0.4 is 15.5 Å². The van der Waals surface area contributed by atoms with Gasteiger partial charge in [0.25, 0.3) is 0 Å². The number of carbonyl (C=O) groups is 2. The van der Waals surface area contributed by atoms with E-state index < -0.39 is 5.41 Å². The summed E-state index contributed by atoms with van der Waals surface area (Å²) in [6.07, 6.45) is 1.95. The van der Waals surface area contributed by atoms with Crippen molar-refractivity contribution in [3.63, 3.8) is 0 Å². The molecule has 0 saturated heterocycles. The number of amides is 2. The second-order valence-corrected chi connectivity index (χ2v) is 6.36. The largest absolute Gasteiger partial charge is 0.385 e. The summed E-state index contributed by atoms with van der Waals surface area (Å²) < 4.78 is 4.96. The second kappa shape index (κ2) is 8.85. The highest BCUT2D eigenvalue weighted by Gasteiger charge is 2.56. The number of hydrogen-bond acceptors (Lipinski definition) is 4. The van der Waals surface area contributed by atoms with Crippen LogP contribution in [-0.2, 0) is 14.3 Å². The molecule has 0 aliphatic heterocycles. The summed E-state index contributed by atoms with van der Waals surface area (Å²) in [4.78, 5) is 27.1.